The molecule has 4 aromatic rings. The number of anilines is 1. The Morgan fingerprint density at radius 3 is 2.48 bits per heavy atom. The zero-order valence-electron chi connectivity index (χ0n) is 17.0. The molecule has 0 aliphatic heterocycles. The highest BCUT2D eigenvalue weighted by Gasteiger charge is 2.51. The first-order valence-electron chi connectivity index (χ1n) is 10.1. The van der Waals surface area contributed by atoms with E-state index >= 15 is 0 Å². The molecule has 1 fully saturated rings. The van der Waals surface area contributed by atoms with Crippen molar-refractivity contribution in [2.24, 2.45) is 5.73 Å². The molecular formula is C24H21N5O2. The van der Waals surface area contributed by atoms with Gasteiger partial charge in [-0.15, -0.1) is 0 Å². The van der Waals surface area contributed by atoms with E-state index in [0.29, 0.717) is 11.6 Å². The van der Waals surface area contributed by atoms with E-state index in [4.69, 9.17) is 10.5 Å². The normalized spacial score (nSPS) is 14.2. The number of carbonyl (C=O) groups excluding carboxylic acids is 1. The van der Waals surface area contributed by atoms with E-state index in [1.807, 2.05) is 61.8 Å². The van der Waals surface area contributed by atoms with Crippen molar-refractivity contribution in [3.05, 3.63) is 72.8 Å². The number of hydrogen-bond donors (Lipinski definition) is 2. The summed E-state index contributed by atoms with van der Waals surface area (Å²) in [6.45, 7) is 0. The van der Waals surface area contributed by atoms with Gasteiger partial charge in [-0.05, 0) is 48.1 Å². The van der Waals surface area contributed by atoms with Crippen LogP contribution >= 0.6 is 0 Å². The third-order valence-electron chi connectivity index (χ3n) is 5.75. The van der Waals surface area contributed by atoms with Crippen molar-refractivity contribution >= 4 is 22.5 Å². The predicted molar refractivity (Wildman–Crippen MR) is 119 cm³/mol. The lowest BCUT2D eigenvalue weighted by molar-refractivity contribution is -0.120. The third-order valence-corrected chi connectivity index (χ3v) is 5.75. The second-order valence-electron chi connectivity index (χ2n) is 7.63. The molecule has 7 heteroatoms. The van der Waals surface area contributed by atoms with Crippen LogP contribution in [0.3, 0.4) is 0 Å². The lowest BCUT2D eigenvalue weighted by Crippen LogP contribution is -2.29. The number of nitrogens with one attached hydrogen (secondary N) is 1. The van der Waals surface area contributed by atoms with Crippen molar-refractivity contribution in [1.82, 2.24) is 15.0 Å². The Balaban J connectivity index is 1.56. The quantitative estimate of drug-likeness (QED) is 0.496. The Labute approximate surface area is 179 Å². The molecule has 0 saturated heterocycles. The van der Waals surface area contributed by atoms with Gasteiger partial charge in [-0.2, -0.15) is 0 Å². The van der Waals surface area contributed by atoms with Crippen molar-refractivity contribution < 1.29 is 9.53 Å². The number of ether oxygens (including phenoxy) is 1. The largest absolute Gasteiger partial charge is 0.439 e. The summed E-state index contributed by atoms with van der Waals surface area (Å²) in [4.78, 5) is 25.3. The average molecular weight is 411 g/mol. The number of rotatable bonds is 6. The van der Waals surface area contributed by atoms with E-state index in [1.54, 1.807) is 12.4 Å². The van der Waals surface area contributed by atoms with Crippen LogP contribution in [0.4, 0.5) is 5.82 Å². The molecule has 154 valence electrons. The van der Waals surface area contributed by atoms with E-state index in [0.717, 1.165) is 46.3 Å². The zero-order valence-corrected chi connectivity index (χ0v) is 17.0. The molecule has 0 spiro atoms. The van der Waals surface area contributed by atoms with Gasteiger partial charge in [0.25, 0.3) is 0 Å². The highest BCUT2D eigenvalue weighted by atomic mass is 16.5. The second-order valence-corrected chi connectivity index (χ2v) is 7.63. The van der Waals surface area contributed by atoms with E-state index in [9.17, 15) is 4.79 Å². The van der Waals surface area contributed by atoms with Gasteiger partial charge in [0.05, 0.1) is 11.1 Å². The molecule has 1 amide bonds. The van der Waals surface area contributed by atoms with Gasteiger partial charge in [-0.3, -0.25) is 9.78 Å². The van der Waals surface area contributed by atoms with Gasteiger partial charge < -0.3 is 15.8 Å². The summed E-state index contributed by atoms with van der Waals surface area (Å²) in [6.07, 6.45) is 6.76. The maximum atomic E-state index is 12.0. The number of carbonyl (C=O) groups is 1. The highest BCUT2D eigenvalue weighted by molar-refractivity contribution is 6.02. The molecule has 31 heavy (non-hydrogen) atoms. The summed E-state index contributed by atoms with van der Waals surface area (Å²) in [5.41, 5.74) is 7.67. The molecule has 1 aliphatic carbocycles. The fourth-order valence-corrected chi connectivity index (χ4v) is 3.81. The summed E-state index contributed by atoms with van der Waals surface area (Å²) in [6, 6.07) is 15.3. The fraction of sp³-hybridized carbons (Fsp3) is 0.167. The average Bonchev–Trinajstić information content (AvgIpc) is 3.62. The van der Waals surface area contributed by atoms with Gasteiger partial charge in [0.2, 0.25) is 11.8 Å². The summed E-state index contributed by atoms with van der Waals surface area (Å²) >= 11 is 0. The van der Waals surface area contributed by atoms with Gasteiger partial charge in [0.1, 0.15) is 11.6 Å². The Morgan fingerprint density at radius 1 is 1.03 bits per heavy atom. The van der Waals surface area contributed by atoms with Crippen LogP contribution in [0.25, 0.3) is 21.9 Å². The Morgan fingerprint density at radius 2 is 1.84 bits per heavy atom. The summed E-state index contributed by atoms with van der Waals surface area (Å²) in [5, 5.41) is 4.97. The minimum Gasteiger partial charge on any atom is -0.439 e. The molecule has 7 nitrogen and oxygen atoms in total. The number of primary amides is 1. The van der Waals surface area contributed by atoms with Crippen LogP contribution in [0.5, 0.6) is 11.6 Å². The van der Waals surface area contributed by atoms with Crippen molar-refractivity contribution in [2.75, 3.05) is 12.4 Å². The number of nitrogens with two attached hydrogens (primary N) is 1. The number of hydrogen-bond acceptors (Lipinski definition) is 6. The lowest BCUT2D eigenvalue weighted by atomic mass is 9.95. The van der Waals surface area contributed by atoms with Crippen LogP contribution in [0.1, 0.15) is 18.5 Å². The van der Waals surface area contributed by atoms with Crippen LogP contribution in [-0.4, -0.2) is 27.9 Å². The lowest BCUT2D eigenvalue weighted by Gasteiger charge is -2.15. The predicted octanol–water partition coefficient (Wildman–Crippen LogP) is 4.04. The molecule has 3 N–H and O–H groups in total. The maximum absolute atomic E-state index is 12.0. The summed E-state index contributed by atoms with van der Waals surface area (Å²) < 4.78 is 5.79. The van der Waals surface area contributed by atoms with Crippen molar-refractivity contribution in [3.8, 4) is 22.8 Å². The zero-order chi connectivity index (χ0) is 21.4. The number of pyridine rings is 3. The molecule has 1 aromatic carbocycles. The van der Waals surface area contributed by atoms with E-state index in [1.165, 1.54) is 0 Å². The molecule has 3 heterocycles. The monoisotopic (exact) mass is 411 g/mol. The fourth-order valence-electron chi connectivity index (χ4n) is 3.81. The van der Waals surface area contributed by atoms with Gasteiger partial charge >= 0.3 is 0 Å². The second kappa shape index (κ2) is 7.36. The first kappa shape index (κ1) is 19.0. The Kier molecular flexibility index (Phi) is 4.51. The first-order chi connectivity index (χ1) is 15.1. The van der Waals surface area contributed by atoms with Gasteiger partial charge in [0, 0.05) is 42.7 Å². The van der Waals surface area contributed by atoms with Crippen molar-refractivity contribution in [1.29, 1.82) is 0 Å². The van der Waals surface area contributed by atoms with E-state index < -0.39 is 5.41 Å². The molecular weight excluding hydrogens is 390 g/mol. The smallest absolute Gasteiger partial charge is 0.229 e. The molecule has 0 unspecified atom stereocenters. The molecule has 0 bridgehead atoms. The van der Waals surface area contributed by atoms with Crippen LogP contribution in [0.15, 0.2) is 67.1 Å². The summed E-state index contributed by atoms with van der Waals surface area (Å²) in [7, 11) is 1.82. The highest BCUT2D eigenvalue weighted by Crippen LogP contribution is 2.48. The molecule has 0 atom stereocenters. The first-order valence-corrected chi connectivity index (χ1v) is 10.1. The maximum Gasteiger partial charge on any atom is 0.229 e. The van der Waals surface area contributed by atoms with Crippen LogP contribution in [0.2, 0.25) is 0 Å². The van der Waals surface area contributed by atoms with Gasteiger partial charge in [0.15, 0.2) is 0 Å². The minimum atomic E-state index is -0.644. The van der Waals surface area contributed by atoms with Crippen LogP contribution in [0, 0.1) is 0 Å². The molecule has 1 saturated carbocycles. The van der Waals surface area contributed by atoms with E-state index in [2.05, 4.69) is 20.3 Å². The van der Waals surface area contributed by atoms with Crippen molar-refractivity contribution in [2.45, 2.75) is 18.3 Å². The number of benzene rings is 1. The third kappa shape index (κ3) is 3.34. The topological polar surface area (TPSA) is 103 Å². The number of nitrogens with zero attached hydrogens (tertiary/aromatic N) is 3. The molecule has 1 aliphatic rings. The number of amides is 1. The Bertz CT molecular complexity index is 1270. The van der Waals surface area contributed by atoms with Gasteiger partial charge in [-0.1, -0.05) is 18.2 Å². The standard InChI is InChI=1S/C24H21N5O2/c1-26-22-19-14-28-20(24(9-10-24)23(25)30)12-17(19)18(13-29-22)15-5-7-16(8-6-15)31-21-4-2-3-11-27-21/h2-8,11-14H,9-10H2,1H3,(H2,25,30)(H,26,29). The minimum absolute atomic E-state index is 0.320. The summed E-state index contributed by atoms with van der Waals surface area (Å²) in [5.74, 6) is 1.65. The Hall–Kier alpha value is -4.00. The van der Waals surface area contributed by atoms with E-state index in [-0.39, 0.29) is 5.91 Å². The SMILES string of the molecule is CNc1ncc(-c2ccc(Oc3ccccn3)cc2)c2cc(C3(C(N)=O)CC3)ncc12. The number of aromatic nitrogens is 3. The molecule has 5 rings (SSSR count). The number of fused-ring (bicyclic) bond motifs is 1. The van der Waals surface area contributed by atoms with Crippen LogP contribution < -0.4 is 15.8 Å². The van der Waals surface area contributed by atoms with Crippen molar-refractivity contribution in [3.63, 3.8) is 0 Å². The molecule has 0 radical (unpaired) electrons. The molecule has 3 aromatic heterocycles. The van der Waals surface area contributed by atoms with Crippen LogP contribution in [-0.2, 0) is 10.2 Å². The van der Waals surface area contributed by atoms with Gasteiger partial charge in [-0.25, -0.2) is 9.97 Å².